The molecule has 2 N–H and O–H groups in total. The summed E-state index contributed by atoms with van der Waals surface area (Å²) in [5.41, 5.74) is 4.54. The van der Waals surface area contributed by atoms with E-state index in [9.17, 15) is 13.5 Å². The van der Waals surface area contributed by atoms with Crippen LogP contribution in [0.2, 0.25) is 0 Å². The molecule has 4 aromatic rings. The maximum Gasteiger partial charge on any atom is 0.199 e. The molecule has 0 aliphatic carbocycles. The van der Waals surface area contributed by atoms with Gasteiger partial charge in [0.2, 0.25) is 0 Å². The highest BCUT2D eigenvalue weighted by Gasteiger charge is 2.20. The second kappa shape index (κ2) is 9.68. The normalized spacial score (nSPS) is 15.5. The maximum atomic E-state index is 12.2. The van der Waals surface area contributed by atoms with E-state index in [0.717, 1.165) is 30.9 Å². The van der Waals surface area contributed by atoms with Crippen molar-refractivity contribution >= 4 is 32.1 Å². The molecule has 1 aliphatic heterocycles. The monoisotopic (exact) mass is 487 g/mol. The zero-order valence-corrected chi connectivity index (χ0v) is 20.6. The highest BCUT2D eigenvalue weighted by atomic mass is 32.2. The molecule has 3 aromatic carbocycles. The van der Waals surface area contributed by atoms with Crippen LogP contribution in [0.4, 0.5) is 5.69 Å². The fourth-order valence-corrected chi connectivity index (χ4v) is 5.32. The molecule has 1 saturated heterocycles. The molecule has 180 valence electrons. The first-order chi connectivity index (χ1) is 16.9. The summed E-state index contributed by atoms with van der Waals surface area (Å²) in [4.78, 5) is 10.6. The van der Waals surface area contributed by atoms with Gasteiger partial charge >= 0.3 is 0 Å². The molecule has 0 atom stereocenters. The third-order valence-corrected chi connectivity index (χ3v) is 7.60. The molecule has 0 spiro atoms. The molecule has 1 aromatic heterocycles. The van der Waals surface area contributed by atoms with Crippen LogP contribution in [0, 0.1) is 0 Å². The van der Waals surface area contributed by atoms with Gasteiger partial charge in [0.25, 0.3) is 0 Å². The molecule has 5 rings (SSSR count). The Bertz CT molecular complexity index is 1470. The van der Waals surface area contributed by atoms with Crippen molar-refractivity contribution < 1.29 is 13.5 Å². The average molecular weight is 488 g/mol. The number of sulfone groups is 1. The van der Waals surface area contributed by atoms with Crippen molar-refractivity contribution in [2.75, 3.05) is 19.3 Å². The van der Waals surface area contributed by atoms with Crippen molar-refractivity contribution in [3.63, 3.8) is 0 Å². The molecular formula is C28H29N3O3S. The quantitative estimate of drug-likeness (QED) is 0.355. The smallest absolute Gasteiger partial charge is 0.199 e. The Balaban J connectivity index is 1.58. The van der Waals surface area contributed by atoms with Crippen LogP contribution in [0.5, 0.6) is 5.88 Å². The summed E-state index contributed by atoms with van der Waals surface area (Å²) in [7, 11) is -3.41. The summed E-state index contributed by atoms with van der Waals surface area (Å²) in [6.07, 6.45) is 5.02. The highest BCUT2D eigenvalue weighted by molar-refractivity contribution is 7.90. The zero-order chi connectivity index (χ0) is 24.4. The van der Waals surface area contributed by atoms with Gasteiger partial charge in [0.1, 0.15) is 0 Å². The van der Waals surface area contributed by atoms with Crippen LogP contribution < -0.4 is 0 Å². The standard InChI is InChI=1S/C28H29N3O3S/c1-35(33,34)23-14-15-25-24(18-23)26(28(32)30-25)27(21-8-4-2-5-9-21)29-22-12-10-20(11-13-22)19-31-16-6-3-7-17-31/h2,4-5,8-15,18,30,32H,3,6-7,16-17,19H2,1H3. The highest BCUT2D eigenvalue weighted by Crippen LogP contribution is 2.33. The topological polar surface area (TPSA) is 85.8 Å². The summed E-state index contributed by atoms with van der Waals surface area (Å²) in [5.74, 6) is -0.0463. The number of nitrogens with one attached hydrogen (secondary N) is 1. The minimum atomic E-state index is -3.41. The molecule has 0 amide bonds. The van der Waals surface area contributed by atoms with Crippen LogP contribution in [0.25, 0.3) is 10.9 Å². The van der Waals surface area contributed by atoms with Gasteiger partial charge in [-0.2, -0.15) is 0 Å². The van der Waals surface area contributed by atoms with Gasteiger partial charge in [-0.25, -0.2) is 13.4 Å². The van der Waals surface area contributed by atoms with E-state index in [0.29, 0.717) is 22.2 Å². The van der Waals surface area contributed by atoms with Gasteiger partial charge in [0.15, 0.2) is 15.7 Å². The molecule has 1 fully saturated rings. The van der Waals surface area contributed by atoms with Crippen molar-refractivity contribution in [3.8, 4) is 5.88 Å². The Morgan fingerprint density at radius 2 is 1.69 bits per heavy atom. The number of aliphatic imine (C=N–C) groups is 1. The molecule has 35 heavy (non-hydrogen) atoms. The van der Waals surface area contributed by atoms with Crippen LogP contribution in [0.3, 0.4) is 0 Å². The molecule has 0 unspecified atom stereocenters. The van der Waals surface area contributed by atoms with E-state index < -0.39 is 9.84 Å². The number of piperidine rings is 1. The summed E-state index contributed by atoms with van der Waals surface area (Å²) in [6.45, 7) is 3.23. The van der Waals surface area contributed by atoms with Gasteiger partial charge in [-0.15, -0.1) is 0 Å². The predicted molar refractivity (Wildman–Crippen MR) is 140 cm³/mol. The van der Waals surface area contributed by atoms with E-state index in [1.807, 2.05) is 42.5 Å². The first-order valence-corrected chi connectivity index (χ1v) is 13.8. The van der Waals surface area contributed by atoms with Crippen molar-refractivity contribution in [2.45, 2.75) is 30.7 Å². The van der Waals surface area contributed by atoms with E-state index in [1.54, 1.807) is 12.1 Å². The van der Waals surface area contributed by atoms with Crippen molar-refractivity contribution in [3.05, 3.63) is 89.5 Å². The number of benzene rings is 3. The zero-order valence-electron chi connectivity index (χ0n) is 19.7. The Labute approximate surface area is 205 Å². The number of aromatic hydroxyl groups is 1. The number of rotatable bonds is 6. The molecule has 7 heteroatoms. The first kappa shape index (κ1) is 23.3. The lowest BCUT2D eigenvalue weighted by atomic mass is 10.0. The van der Waals surface area contributed by atoms with Gasteiger partial charge in [-0.1, -0.05) is 48.9 Å². The van der Waals surface area contributed by atoms with Gasteiger partial charge in [-0.3, -0.25) is 4.90 Å². The largest absolute Gasteiger partial charge is 0.494 e. The lowest BCUT2D eigenvalue weighted by Gasteiger charge is -2.26. The molecule has 0 radical (unpaired) electrons. The second-order valence-corrected chi connectivity index (χ2v) is 11.2. The molecule has 0 saturated carbocycles. The van der Waals surface area contributed by atoms with E-state index in [4.69, 9.17) is 4.99 Å². The van der Waals surface area contributed by atoms with Crippen LogP contribution in [-0.4, -0.2) is 48.5 Å². The number of H-pyrrole nitrogens is 1. The predicted octanol–water partition coefficient (Wildman–Crippen LogP) is 5.43. The van der Waals surface area contributed by atoms with E-state index in [2.05, 4.69) is 22.0 Å². The molecule has 6 nitrogen and oxygen atoms in total. The van der Waals surface area contributed by atoms with E-state index >= 15 is 0 Å². The van der Waals surface area contributed by atoms with Crippen LogP contribution >= 0.6 is 0 Å². The number of likely N-dealkylation sites (tertiary alicyclic amines) is 1. The summed E-state index contributed by atoms with van der Waals surface area (Å²) in [6, 6.07) is 22.6. The lowest BCUT2D eigenvalue weighted by Crippen LogP contribution is -2.28. The summed E-state index contributed by atoms with van der Waals surface area (Å²) < 4.78 is 24.4. The van der Waals surface area contributed by atoms with Gasteiger partial charge in [-0.05, 0) is 61.8 Å². The average Bonchev–Trinajstić information content (AvgIpc) is 3.19. The van der Waals surface area contributed by atoms with E-state index in [-0.39, 0.29) is 10.8 Å². The maximum absolute atomic E-state index is 12.2. The minimum Gasteiger partial charge on any atom is -0.494 e. The number of aromatic amines is 1. The third kappa shape index (κ3) is 5.16. The van der Waals surface area contributed by atoms with Crippen LogP contribution in [0.15, 0.2) is 82.7 Å². The summed E-state index contributed by atoms with van der Waals surface area (Å²) in [5, 5.41) is 11.5. The van der Waals surface area contributed by atoms with Gasteiger partial charge in [0, 0.05) is 29.3 Å². The van der Waals surface area contributed by atoms with E-state index in [1.165, 1.54) is 37.1 Å². The Morgan fingerprint density at radius 1 is 0.971 bits per heavy atom. The first-order valence-electron chi connectivity index (χ1n) is 11.9. The van der Waals surface area contributed by atoms with Gasteiger partial charge < -0.3 is 10.1 Å². The molecule has 2 heterocycles. The molecular weight excluding hydrogens is 458 g/mol. The van der Waals surface area contributed by atoms with Crippen LogP contribution in [-0.2, 0) is 16.4 Å². The molecule has 1 aliphatic rings. The number of hydrogen-bond donors (Lipinski definition) is 2. The van der Waals surface area contributed by atoms with Gasteiger partial charge in [0.05, 0.1) is 21.9 Å². The SMILES string of the molecule is CS(=O)(=O)c1ccc2[nH]c(O)c(C(=Nc3ccc(CN4CCCCC4)cc3)c3ccccc3)c2c1. The fourth-order valence-electron chi connectivity index (χ4n) is 4.67. The van der Waals surface area contributed by atoms with Crippen molar-refractivity contribution in [1.29, 1.82) is 0 Å². The minimum absolute atomic E-state index is 0.0463. The number of aromatic nitrogens is 1. The molecule has 0 bridgehead atoms. The van der Waals surface area contributed by atoms with Crippen LogP contribution in [0.1, 0.15) is 36.0 Å². The Hall–Kier alpha value is -3.42. The van der Waals surface area contributed by atoms with Crippen molar-refractivity contribution in [1.82, 2.24) is 9.88 Å². The number of hydrogen-bond acceptors (Lipinski definition) is 5. The number of fused-ring (bicyclic) bond motifs is 1. The lowest BCUT2D eigenvalue weighted by molar-refractivity contribution is 0.221. The fraction of sp³-hybridized carbons (Fsp3) is 0.250. The third-order valence-electron chi connectivity index (χ3n) is 6.49. The second-order valence-electron chi connectivity index (χ2n) is 9.16. The Morgan fingerprint density at radius 3 is 2.37 bits per heavy atom. The summed E-state index contributed by atoms with van der Waals surface area (Å²) >= 11 is 0. The Kier molecular flexibility index (Phi) is 6.45. The number of nitrogens with zero attached hydrogens (tertiary/aromatic N) is 2. The van der Waals surface area contributed by atoms with Crippen molar-refractivity contribution in [2.24, 2.45) is 4.99 Å².